The van der Waals surface area contributed by atoms with Crippen LogP contribution in [0.3, 0.4) is 0 Å². The van der Waals surface area contributed by atoms with Gasteiger partial charge in [0.2, 0.25) is 5.89 Å². The van der Waals surface area contributed by atoms with E-state index in [1.165, 1.54) is 6.42 Å². The zero-order valence-corrected chi connectivity index (χ0v) is 9.32. The minimum Gasteiger partial charge on any atom is -0.378 e. The molecule has 2 aliphatic heterocycles. The highest BCUT2D eigenvalue weighted by atomic mass is 16.5. The topological polar surface area (TPSA) is 60.2 Å². The van der Waals surface area contributed by atoms with Gasteiger partial charge in [-0.25, -0.2) is 0 Å². The molecule has 0 aromatic carbocycles. The van der Waals surface area contributed by atoms with Gasteiger partial charge in [-0.05, 0) is 32.2 Å². The van der Waals surface area contributed by atoms with E-state index in [0.29, 0.717) is 6.10 Å². The van der Waals surface area contributed by atoms with Crippen LogP contribution in [0.4, 0.5) is 0 Å². The van der Waals surface area contributed by atoms with Crippen LogP contribution in [0.25, 0.3) is 0 Å². The standard InChI is InChI=1S/C11H17N3O2/c1-4-9(12-5-1)11-13-10(14-16-11)7-8-3-2-6-15-8/h8-9,12H,1-7H2/t8?,9-/m1/s1. The monoisotopic (exact) mass is 223 g/mol. The van der Waals surface area contributed by atoms with Crippen LogP contribution >= 0.6 is 0 Å². The molecule has 1 aromatic rings. The second-order valence-corrected chi connectivity index (χ2v) is 4.54. The summed E-state index contributed by atoms with van der Waals surface area (Å²) in [5.74, 6) is 1.53. The Morgan fingerprint density at radius 1 is 1.31 bits per heavy atom. The van der Waals surface area contributed by atoms with Crippen LogP contribution in [0, 0.1) is 0 Å². The molecule has 0 radical (unpaired) electrons. The first-order valence-corrected chi connectivity index (χ1v) is 6.09. The minimum atomic E-state index is 0.269. The highest BCUT2D eigenvalue weighted by Gasteiger charge is 2.24. The molecule has 5 heteroatoms. The molecule has 88 valence electrons. The van der Waals surface area contributed by atoms with E-state index in [4.69, 9.17) is 9.26 Å². The molecular formula is C11H17N3O2. The molecule has 2 saturated heterocycles. The van der Waals surface area contributed by atoms with Gasteiger partial charge in [-0.1, -0.05) is 5.16 Å². The van der Waals surface area contributed by atoms with Crippen molar-refractivity contribution in [3.05, 3.63) is 11.7 Å². The second kappa shape index (κ2) is 4.51. The molecule has 5 nitrogen and oxygen atoms in total. The second-order valence-electron chi connectivity index (χ2n) is 4.54. The molecular weight excluding hydrogens is 206 g/mol. The van der Waals surface area contributed by atoms with E-state index in [1.807, 2.05) is 0 Å². The van der Waals surface area contributed by atoms with Gasteiger partial charge in [-0.15, -0.1) is 0 Å². The van der Waals surface area contributed by atoms with E-state index in [0.717, 1.165) is 50.6 Å². The summed E-state index contributed by atoms with van der Waals surface area (Å²) < 4.78 is 10.8. The van der Waals surface area contributed by atoms with Crippen molar-refractivity contribution < 1.29 is 9.26 Å². The first-order chi connectivity index (χ1) is 7.92. The van der Waals surface area contributed by atoms with Gasteiger partial charge in [-0.3, -0.25) is 0 Å². The van der Waals surface area contributed by atoms with Gasteiger partial charge in [0.25, 0.3) is 0 Å². The fraction of sp³-hybridized carbons (Fsp3) is 0.818. The van der Waals surface area contributed by atoms with E-state index in [1.54, 1.807) is 0 Å². The lowest BCUT2D eigenvalue weighted by molar-refractivity contribution is 0.109. The van der Waals surface area contributed by atoms with E-state index >= 15 is 0 Å². The molecule has 1 aromatic heterocycles. The summed E-state index contributed by atoms with van der Waals surface area (Å²) in [5.41, 5.74) is 0. The van der Waals surface area contributed by atoms with Crippen molar-refractivity contribution in [1.82, 2.24) is 15.5 Å². The summed E-state index contributed by atoms with van der Waals surface area (Å²) >= 11 is 0. The Kier molecular flexibility index (Phi) is 2.88. The van der Waals surface area contributed by atoms with E-state index < -0.39 is 0 Å². The average Bonchev–Trinajstić information content (AvgIpc) is 2.99. The summed E-state index contributed by atoms with van der Waals surface area (Å²) in [5, 5.41) is 7.37. The molecule has 0 amide bonds. The zero-order valence-electron chi connectivity index (χ0n) is 9.32. The Morgan fingerprint density at radius 3 is 3.06 bits per heavy atom. The predicted octanol–water partition coefficient (Wildman–Crippen LogP) is 1.22. The molecule has 0 spiro atoms. The van der Waals surface area contributed by atoms with E-state index in [-0.39, 0.29) is 6.04 Å². The Bertz CT molecular complexity index is 341. The molecule has 0 saturated carbocycles. The number of hydrogen-bond donors (Lipinski definition) is 1. The number of nitrogens with zero attached hydrogens (tertiary/aromatic N) is 2. The SMILES string of the molecule is C1COC(Cc2noc([C@H]3CCCN3)n2)C1. The van der Waals surface area contributed by atoms with Crippen LogP contribution in [-0.4, -0.2) is 29.4 Å². The third-order valence-electron chi connectivity index (χ3n) is 3.28. The summed E-state index contributed by atoms with van der Waals surface area (Å²) in [6.45, 7) is 1.92. The van der Waals surface area contributed by atoms with Crippen molar-refractivity contribution in [2.75, 3.05) is 13.2 Å². The molecule has 2 fully saturated rings. The van der Waals surface area contributed by atoms with Crippen LogP contribution in [-0.2, 0) is 11.2 Å². The summed E-state index contributed by atoms with van der Waals surface area (Å²) in [7, 11) is 0. The van der Waals surface area contributed by atoms with Crippen LogP contribution in [0.1, 0.15) is 43.4 Å². The molecule has 3 rings (SSSR count). The quantitative estimate of drug-likeness (QED) is 0.834. The van der Waals surface area contributed by atoms with Crippen molar-refractivity contribution >= 4 is 0 Å². The van der Waals surface area contributed by atoms with Crippen molar-refractivity contribution in [3.8, 4) is 0 Å². The van der Waals surface area contributed by atoms with Crippen molar-refractivity contribution in [2.24, 2.45) is 0 Å². The Hall–Kier alpha value is -0.940. The molecule has 2 atom stereocenters. The lowest BCUT2D eigenvalue weighted by atomic mass is 10.2. The maximum absolute atomic E-state index is 5.55. The molecule has 0 aliphatic carbocycles. The van der Waals surface area contributed by atoms with Gasteiger partial charge in [0, 0.05) is 13.0 Å². The molecule has 2 aliphatic rings. The Labute approximate surface area is 94.6 Å². The van der Waals surface area contributed by atoms with Crippen molar-refractivity contribution in [3.63, 3.8) is 0 Å². The first-order valence-electron chi connectivity index (χ1n) is 6.09. The predicted molar refractivity (Wildman–Crippen MR) is 57.0 cm³/mol. The summed E-state index contributed by atoms with van der Waals surface area (Å²) in [4.78, 5) is 4.44. The third-order valence-corrected chi connectivity index (χ3v) is 3.28. The fourth-order valence-electron chi connectivity index (χ4n) is 2.40. The smallest absolute Gasteiger partial charge is 0.243 e. The number of aromatic nitrogens is 2. The van der Waals surface area contributed by atoms with E-state index in [2.05, 4.69) is 15.5 Å². The molecule has 3 heterocycles. The largest absolute Gasteiger partial charge is 0.378 e. The van der Waals surface area contributed by atoms with Gasteiger partial charge >= 0.3 is 0 Å². The average molecular weight is 223 g/mol. The van der Waals surface area contributed by atoms with Gasteiger partial charge < -0.3 is 14.6 Å². The molecule has 1 unspecified atom stereocenters. The Balaban J connectivity index is 1.62. The third kappa shape index (κ3) is 2.10. The van der Waals surface area contributed by atoms with Crippen LogP contribution in [0.5, 0.6) is 0 Å². The number of ether oxygens (including phenoxy) is 1. The maximum Gasteiger partial charge on any atom is 0.243 e. The van der Waals surface area contributed by atoms with Crippen molar-refractivity contribution in [2.45, 2.75) is 44.2 Å². The number of nitrogens with one attached hydrogen (secondary N) is 1. The molecule has 16 heavy (non-hydrogen) atoms. The maximum atomic E-state index is 5.55. The van der Waals surface area contributed by atoms with Gasteiger partial charge in [0.15, 0.2) is 5.82 Å². The zero-order chi connectivity index (χ0) is 10.8. The summed E-state index contributed by atoms with van der Waals surface area (Å²) in [6, 6.07) is 0.269. The minimum absolute atomic E-state index is 0.269. The molecule has 1 N–H and O–H groups in total. The number of hydrogen-bond acceptors (Lipinski definition) is 5. The van der Waals surface area contributed by atoms with Crippen molar-refractivity contribution in [1.29, 1.82) is 0 Å². The highest BCUT2D eigenvalue weighted by Crippen LogP contribution is 2.22. The fourth-order valence-corrected chi connectivity index (χ4v) is 2.40. The summed E-state index contributed by atoms with van der Waals surface area (Å²) in [6.07, 6.45) is 5.64. The van der Waals surface area contributed by atoms with Crippen LogP contribution < -0.4 is 5.32 Å². The lowest BCUT2D eigenvalue weighted by Gasteiger charge is -2.04. The lowest BCUT2D eigenvalue weighted by Crippen LogP contribution is -2.14. The van der Waals surface area contributed by atoms with Gasteiger partial charge in [0.1, 0.15) is 0 Å². The van der Waals surface area contributed by atoms with Crippen LogP contribution in [0.2, 0.25) is 0 Å². The first kappa shape index (κ1) is 10.2. The number of rotatable bonds is 3. The highest BCUT2D eigenvalue weighted by molar-refractivity contribution is 4.96. The molecule has 0 bridgehead atoms. The van der Waals surface area contributed by atoms with Crippen LogP contribution in [0.15, 0.2) is 4.52 Å². The van der Waals surface area contributed by atoms with Gasteiger partial charge in [-0.2, -0.15) is 4.98 Å². The Morgan fingerprint density at radius 2 is 2.31 bits per heavy atom. The van der Waals surface area contributed by atoms with E-state index in [9.17, 15) is 0 Å². The normalized spacial score (nSPS) is 30.0. The van der Waals surface area contributed by atoms with Gasteiger partial charge in [0.05, 0.1) is 12.1 Å².